The third kappa shape index (κ3) is 2.83. The number of nitrogens with one attached hydrogen (secondary N) is 3. The van der Waals surface area contributed by atoms with Gasteiger partial charge in [-0.05, 0) is 43.8 Å². The Kier molecular flexibility index (Phi) is 3.75. The minimum absolute atomic E-state index is 0.0668. The van der Waals surface area contributed by atoms with Crippen molar-refractivity contribution in [2.45, 2.75) is 31.8 Å². The van der Waals surface area contributed by atoms with Crippen LogP contribution in [0, 0.1) is 0 Å². The molecule has 1 fully saturated rings. The smallest absolute Gasteiger partial charge is 0.261 e. The predicted molar refractivity (Wildman–Crippen MR) is 82.5 cm³/mol. The molecule has 0 saturated carbocycles. The molecule has 1 saturated heterocycles. The highest BCUT2D eigenvalue weighted by molar-refractivity contribution is 5.97. The highest BCUT2D eigenvalue weighted by Crippen LogP contribution is 2.12. The third-order valence-electron chi connectivity index (χ3n) is 4.08. The van der Waals surface area contributed by atoms with Crippen LogP contribution in [0.25, 0.3) is 10.9 Å². The largest absolute Gasteiger partial charge is 0.348 e. The number of carbonyl (C=O) groups excluding carboxylic acids is 1. The zero-order valence-corrected chi connectivity index (χ0v) is 12.0. The predicted octanol–water partition coefficient (Wildman–Crippen LogP) is 1.40. The van der Waals surface area contributed by atoms with Crippen molar-refractivity contribution < 1.29 is 4.79 Å². The number of aromatic nitrogens is 1. The van der Waals surface area contributed by atoms with Crippen LogP contribution < -0.4 is 16.2 Å². The highest BCUT2D eigenvalue weighted by atomic mass is 16.2. The van der Waals surface area contributed by atoms with E-state index in [2.05, 4.69) is 22.5 Å². The summed E-state index contributed by atoms with van der Waals surface area (Å²) in [6.07, 6.45) is 1.97. The quantitative estimate of drug-likeness (QED) is 0.781. The maximum absolute atomic E-state index is 12.4. The molecule has 1 aromatic carbocycles. The Bertz CT molecular complexity index is 723. The molecule has 0 spiro atoms. The molecule has 3 rings (SSSR count). The molecule has 1 aromatic heterocycles. The highest BCUT2D eigenvalue weighted by Gasteiger charge is 2.23. The Balaban J connectivity index is 1.87. The second-order valence-electron chi connectivity index (χ2n) is 5.56. The van der Waals surface area contributed by atoms with Crippen LogP contribution in [0.3, 0.4) is 0 Å². The van der Waals surface area contributed by atoms with Gasteiger partial charge in [0.15, 0.2) is 0 Å². The number of aromatic amines is 1. The first-order valence-corrected chi connectivity index (χ1v) is 7.31. The molecule has 0 bridgehead atoms. The average molecular weight is 285 g/mol. The number of piperidine rings is 1. The summed E-state index contributed by atoms with van der Waals surface area (Å²) in [6.45, 7) is 3.03. The number of fused-ring (bicyclic) bond motifs is 1. The van der Waals surface area contributed by atoms with E-state index in [1.807, 2.05) is 24.3 Å². The SMILES string of the molecule is CC1NCCCC1NC(=O)c1cc2ccccc2[nH]c1=O. The van der Waals surface area contributed by atoms with Gasteiger partial charge in [-0.1, -0.05) is 18.2 Å². The second kappa shape index (κ2) is 5.69. The topological polar surface area (TPSA) is 74.0 Å². The van der Waals surface area contributed by atoms with Gasteiger partial charge in [-0.2, -0.15) is 0 Å². The fourth-order valence-corrected chi connectivity index (χ4v) is 2.80. The molecule has 3 N–H and O–H groups in total. The van der Waals surface area contributed by atoms with Crippen LogP contribution in [0.1, 0.15) is 30.1 Å². The molecule has 1 aliphatic rings. The van der Waals surface area contributed by atoms with Crippen LogP contribution in [0.4, 0.5) is 0 Å². The van der Waals surface area contributed by atoms with Crippen LogP contribution in [0.5, 0.6) is 0 Å². The summed E-state index contributed by atoms with van der Waals surface area (Å²) in [5.41, 5.74) is 0.570. The van der Waals surface area contributed by atoms with Crippen LogP contribution in [0.15, 0.2) is 35.1 Å². The van der Waals surface area contributed by atoms with E-state index in [-0.39, 0.29) is 29.1 Å². The maximum atomic E-state index is 12.4. The first-order valence-electron chi connectivity index (χ1n) is 7.31. The molecule has 5 heteroatoms. The summed E-state index contributed by atoms with van der Waals surface area (Å²) in [6, 6.07) is 9.39. The van der Waals surface area contributed by atoms with Gasteiger partial charge in [0.2, 0.25) is 0 Å². The molecular formula is C16H19N3O2. The Labute approximate surface area is 122 Å². The van der Waals surface area contributed by atoms with Gasteiger partial charge in [0, 0.05) is 17.6 Å². The maximum Gasteiger partial charge on any atom is 0.261 e. The van der Waals surface area contributed by atoms with Crippen molar-refractivity contribution >= 4 is 16.8 Å². The molecule has 21 heavy (non-hydrogen) atoms. The number of benzene rings is 1. The van der Waals surface area contributed by atoms with E-state index in [0.717, 1.165) is 30.3 Å². The lowest BCUT2D eigenvalue weighted by Crippen LogP contribution is -2.52. The molecule has 0 aliphatic carbocycles. The van der Waals surface area contributed by atoms with Crippen LogP contribution >= 0.6 is 0 Å². The summed E-state index contributed by atoms with van der Waals surface area (Å²) in [5, 5.41) is 7.16. The summed E-state index contributed by atoms with van der Waals surface area (Å²) in [4.78, 5) is 27.2. The van der Waals surface area contributed by atoms with Gasteiger partial charge in [0.1, 0.15) is 5.56 Å². The van der Waals surface area contributed by atoms with E-state index in [9.17, 15) is 9.59 Å². The van der Waals surface area contributed by atoms with E-state index >= 15 is 0 Å². The molecule has 2 atom stereocenters. The third-order valence-corrected chi connectivity index (χ3v) is 4.08. The zero-order valence-electron chi connectivity index (χ0n) is 12.0. The van der Waals surface area contributed by atoms with Crippen molar-refractivity contribution in [1.29, 1.82) is 0 Å². The minimum atomic E-state index is -0.345. The molecule has 2 aromatic rings. The number of H-pyrrole nitrogens is 1. The molecule has 2 unspecified atom stereocenters. The van der Waals surface area contributed by atoms with Crippen LogP contribution in [-0.4, -0.2) is 29.5 Å². The lowest BCUT2D eigenvalue weighted by atomic mass is 9.99. The number of hydrogen-bond donors (Lipinski definition) is 3. The van der Waals surface area contributed by atoms with Gasteiger partial charge in [-0.15, -0.1) is 0 Å². The Morgan fingerprint density at radius 3 is 2.95 bits per heavy atom. The van der Waals surface area contributed by atoms with Gasteiger partial charge < -0.3 is 15.6 Å². The minimum Gasteiger partial charge on any atom is -0.348 e. The molecule has 5 nitrogen and oxygen atoms in total. The Morgan fingerprint density at radius 1 is 1.33 bits per heavy atom. The number of pyridine rings is 1. The van der Waals surface area contributed by atoms with Gasteiger partial charge in [-0.25, -0.2) is 0 Å². The molecule has 1 aliphatic heterocycles. The van der Waals surface area contributed by atoms with Crippen molar-refractivity contribution in [3.63, 3.8) is 0 Å². The standard InChI is InChI=1S/C16H19N3O2/c1-10-13(7-4-8-17-10)18-15(20)12-9-11-5-2-3-6-14(11)19-16(12)21/h2-3,5-6,9-10,13,17H,4,7-8H2,1H3,(H,18,20)(H,19,21). The summed E-state index contributed by atoms with van der Waals surface area (Å²) >= 11 is 0. The van der Waals surface area contributed by atoms with Gasteiger partial charge in [-0.3, -0.25) is 9.59 Å². The van der Waals surface area contributed by atoms with Crippen molar-refractivity contribution in [3.8, 4) is 0 Å². The monoisotopic (exact) mass is 285 g/mol. The van der Waals surface area contributed by atoms with E-state index in [1.54, 1.807) is 6.07 Å². The number of carbonyl (C=O) groups is 1. The molecule has 2 heterocycles. The van der Waals surface area contributed by atoms with Crippen LogP contribution in [0.2, 0.25) is 0 Å². The number of amides is 1. The normalized spacial score (nSPS) is 22.1. The summed E-state index contributed by atoms with van der Waals surface area (Å²) in [7, 11) is 0. The molecular weight excluding hydrogens is 266 g/mol. The fourth-order valence-electron chi connectivity index (χ4n) is 2.80. The summed E-state index contributed by atoms with van der Waals surface area (Å²) < 4.78 is 0. The number of rotatable bonds is 2. The Morgan fingerprint density at radius 2 is 2.14 bits per heavy atom. The molecule has 1 amide bonds. The zero-order chi connectivity index (χ0) is 14.8. The number of hydrogen-bond acceptors (Lipinski definition) is 3. The fraction of sp³-hybridized carbons (Fsp3) is 0.375. The van der Waals surface area contributed by atoms with Gasteiger partial charge in [0.05, 0.1) is 0 Å². The van der Waals surface area contributed by atoms with Gasteiger partial charge in [0.25, 0.3) is 11.5 Å². The molecule has 110 valence electrons. The van der Waals surface area contributed by atoms with Gasteiger partial charge >= 0.3 is 0 Å². The van der Waals surface area contributed by atoms with E-state index in [4.69, 9.17) is 0 Å². The van der Waals surface area contributed by atoms with E-state index in [0.29, 0.717) is 0 Å². The van der Waals surface area contributed by atoms with Crippen LogP contribution in [-0.2, 0) is 0 Å². The van der Waals surface area contributed by atoms with Crippen molar-refractivity contribution in [3.05, 3.63) is 46.2 Å². The lowest BCUT2D eigenvalue weighted by Gasteiger charge is -2.30. The molecule has 0 radical (unpaired) electrons. The van der Waals surface area contributed by atoms with Crippen molar-refractivity contribution in [1.82, 2.24) is 15.6 Å². The first-order chi connectivity index (χ1) is 10.1. The van der Waals surface area contributed by atoms with E-state index < -0.39 is 0 Å². The number of para-hydroxylation sites is 1. The van der Waals surface area contributed by atoms with E-state index in [1.165, 1.54) is 0 Å². The van der Waals surface area contributed by atoms with Crippen molar-refractivity contribution in [2.24, 2.45) is 0 Å². The lowest BCUT2D eigenvalue weighted by molar-refractivity contribution is 0.0918. The average Bonchev–Trinajstić information content (AvgIpc) is 2.49. The summed E-state index contributed by atoms with van der Waals surface area (Å²) in [5.74, 6) is -0.303. The van der Waals surface area contributed by atoms with Crippen molar-refractivity contribution in [2.75, 3.05) is 6.54 Å². The first kappa shape index (κ1) is 13.8. The Hall–Kier alpha value is -2.14. The second-order valence-corrected chi connectivity index (χ2v) is 5.56.